The number of hydrogen-bond acceptors (Lipinski definition) is 2. The minimum absolute atomic E-state index is 0.143. The molecule has 0 radical (unpaired) electrons. The van der Waals surface area contributed by atoms with Crippen LogP contribution in [0.4, 0.5) is 0 Å². The van der Waals surface area contributed by atoms with Crippen LogP contribution in [0.5, 0.6) is 0 Å². The summed E-state index contributed by atoms with van der Waals surface area (Å²) in [5.74, 6) is -0.844. The Morgan fingerprint density at radius 1 is 1.38 bits per heavy atom. The van der Waals surface area contributed by atoms with Crippen molar-refractivity contribution in [1.29, 1.82) is 0 Å². The van der Waals surface area contributed by atoms with Gasteiger partial charge in [0.2, 0.25) is 0 Å². The maximum atomic E-state index is 11.2. The first-order chi connectivity index (χ1) is 7.70. The van der Waals surface area contributed by atoms with Gasteiger partial charge in [0.25, 0.3) is 0 Å². The fraction of sp³-hybridized carbons (Fsp3) is 0.250. The maximum absolute atomic E-state index is 11.2. The predicted octanol–water partition coefficient (Wildman–Crippen LogP) is 2.41. The standard InChI is InChI=1S/C12H13ClO3/c1-16-8-10(7-13)11(12(14)15)9-5-3-2-4-6-9/h2-6H,7-8H2,1H3,(H,14,15). The zero-order valence-corrected chi connectivity index (χ0v) is 9.70. The van der Waals surface area contributed by atoms with Gasteiger partial charge in [0.05, 0.1) is 12.2 Å². The van der Waals surface area contributed by atoms with Crippen molar-refractivity contribution in [2.75, 3.05) is 19.6 Å². The van der Waals surface area contributed by atoms with Crippen LogP contribution in [-0.4, -0.2) is 30.7 Å². The molecule has 16 heavy (non-hydrogen) atoms. The van der Waals surface area contributed by atoms with Crippen LogP contribution < -0.4 is 0 Å². The van der Waals surface area contributed by atoms with E-state index in [9.17, 15) is 9.90 Å². The average molecular weight is 241 g/mol. The summed E-state index contributed by atoms with van der Waals surface area (Å²) in [6.07, 6.45) is 0. The Bertz CT molecular complexity index is 385. The number of carbonyl (C=O) groups is 1. The van der Waals surface area contributed by atoms with Crippen molar-refractivity contribution in [2.45, 2.75) is 0 Å². The van der Waals surface area contributed by atoms with E-state index in [0.717, 1.165) is 0 Å². The van der Waals surface area contributed by atoms with E-state index >= 15 is 0 Å². The van der Waals surface area contributed by atoms with Crippen molar-refractivity contribution in [2.24, 2.45) is 0 Å². The summed E-state index contributed by atoms with van der Waals surface area (Å²) in [5.41, 5.74) is 1.43. The molecule has 0 aliphatic carbocycles. The second-order valence-electron chi connectivity index (χ2n) is 3.22. The van der Waals surface area contributed by atoms with E-state index in [4.69, 9.17) is 16.3 Å². The van der Waals surface area contributed by atoms with E-state index in [1.54, 1.807) is 24.3 Å². The second kappa shape index (κ2) is 6.30. The number of rotatable bonds is 5. The predicted molar refractivity (Wildman–Crippen MR) is 63.6 cm³/mol. The quantitative estimate of drug-likeness (QED) is 0.635. The molecule has 4 heteroatoms. The van der Waals surface area contributed by atoms with Crippen LogP contribution in [0.25, 0.3) is 5.57 Å². The molecule has 0 unspecified atom stereocenters. The number of alkyl halides is 1. The summed E-state index contributed by atoms with van der Waals surface area (Å²) in [6.45, 7) is 0.222. The van der Waals surface area contributed by atoms with Gasteiger partial charge in [-0.05, 0) is 11.1 Å². The molecule has 0 heterocycles. The molecular weight excluding hydrogens is 228 g/mol. The van der Waals surface area contributed by atoms with Crippen LogP contribution in [0, 0.1) is 0 Å². The van der Waals surface area contributed by atoms with E-state index in [1.165, 1.54) is 7.11 Å². The van der Waals surface area contributed by atoms with Crippen LogP contribution in [0.2, 0.25) is 0 Å². The van der Waals surface area contributed by atoms with Gasteiger partial charge in [0, 0.05) is 13.0 Å². The third-order valence-corrected chi connectivity index (χ3v) is 2.43. The second-order valence-corrected chi connectivity index (χ2v) is 3.48. The number of halogens is 1. The molecule has 0 bridgehead atoms. The molecule has 0 aliphatic rings. The molecule has 0 fully saturated rings. The number of hydrogen-bond donors (Lipinski definition) is 1. The molecule has 1 aromatic rings. The number of methoxy groups -OCH3 is 1. The summed E-state index contributed by atoms with van der Waals surface area (Å²) < 4.78 is 4.94. The zero-order valence-electron chi connectivity index (χ0n) is 8.94. The summed E-state index contributed by atoms with van der Waals surface area (Å²) in [6, 6.07) is 8.89. The Balaban J connectivity index is 3.22. The molecule has 0 aromatic heterocycles. The monoisotopic (exact) mass is 240 g/mol. The van der Waals surface area contributed by atoms with Crippen molar-refractivity contribution < 1.29 is 14.6 Å². The van der Waals surface area contributed by atoms with Gasteiger partial charge < -0.3 is 9.84 Å². The van der Waals surface area contributed by atoms with Crippen LogP contribution in [0.1, 0.15) is 5.56 Å². The van der Waals surface area contributed by atoms with Crippen molar-refractivity contribution in [1.82, 2.24) is 0 Å². The molecular formula is C12H13ClO3. The highest BCUT2D eigenvalue weighted by molar-refractivity contribution is 6.23. The van der Waals surface area contributed by atoms with E-state index in [2.05, 4.69) is 0 Å². The van der Waals surface area contributed by atoms with Crippen molar-refractivity contribution in [3.8, 4) is 0 Å². The van der Waals surface area contributed by atoms with Gasteiger partial charge in [-0.2, -0.15) is 0 Å². The zero-order chi connectivity index (χ0) is 12.0. The van der Waals surface area contributed by atoms with Crippen molar-refractivity contribution in [3.63, 3.8) is 0 Å². The SMILES string of the molecule is COCC(CCl)=C(C(=O)O)c1ccccc1. The molecule has 3 nitrogen and oxygen atoms in total. The fourth-order valence-corrected chi connectivity index (χ4v) is 1.65. The molecule has 1 rings (SSSR count). The molecule has 0 amide bonds. The van der Waals surface area contributed by atoms with Gasteiger partial charge in [0.15, 0.2) is 0 Å². The summed E-state index contributed by atoms with van der Waals surface area (Å²) >= 11 is 5.73. The van der Waals surface area contributed by atoms with Crippen molar-refractivity contribution >= 4 is 23.1 Å². The van der Waals surface area contributed by atoms with Gasteiger partial charge in [-0.25, -0.2) is 4.79 Å². The Morgan fingerprint density at radius 3 is 2.44 bits per heavy atom. The number of aliphatic carboxylic acids is 1. The highest BCUT2D eigenvalue weighted by Gasteiger charge is 2.15. The Kier molecular flexibility index (Phi) is 5.02. The van der Waals surface area contributed by atoms with Gasteiger partial charge in [-0.1, -0.05) is 30.3 Å². The van der Waals surface area contributed by atoms with Crippen LogP contribution >= 0.6 is 11.6 Å². The molecule has 0 saturated heterocycles. The van der Waals surface area contributed by atoms with Gasteiger partial charge in [-0.3, -0.25) is 0 Å². The molecule has 0 saturated carbocycles. The van der Waals surface area contributed by atoms with Crippen LogP contribution in [0.3, 0.4) is 0 Å². The van der Waals surface area contributed by atoms with Gasteiger partial charge >= 0.3 is 5.97 Å². The Labute approximate surface area is 99.3 Å². The van der Waals surface area contributed by atoms with Crippen LogP contribution in [-0.2, 0) is 9.53 Å². The topological polar surface area (TPSA) is 46.5 Å². The van der Waals surface area contributed by atoms with E-state index in [0.29, 0.717) is 11.1 Å². The number of carboxylic acid groups (broad SMARTS) is 1. The maximum Gasteiger partial charge on any atom is 0.336 e. The first-order valence-electron chi connectivity index (χ1n) is 4.76. The van der Waals surface area contributed by atoms with E-state index in [-0.39, 0.29) is 18.1 Å². The first kappa shape index (κ1) is 12.7. The average Bonchev–Trinajstić information content (AvgIpc) is 2.29. The Hall–Kier alpha value is -1.32. The highest BCUT2D eigenvalue weighted by atomic mass is 35.5. The highest BCUT2D eigenvalue weighted by Crippen LogP contribution is 2.20. The van der Waals surface area contributed by atoms with E-state index in [1.807, 2.05) is 6.07 Å². The van der Waals surface area contributed by atoms with Crippen molar-refractivity contribution in [3.05, 3.63) is 41.5 Å². The molecule has 0 aliphatic heterocycles. The number of carboxylic acids is 1. The number of ether oxygens (including phenoxy) is 1. The molecule has 1 aromatic carbocycles. The lowest BCUT2D eigenvalue weighted by Gasteiger charge is -2.09. The third-order valence-electron chi connectivity index (χ3n) is 2.11. The Morgan fingerprint density at radius 2 is 2.00 bits per heavy atom. The summed E-state index contributed by atoms with van der Waals surface area (Å²) in [5, 5.41) is 9.18. The lowest BCUT2D eigenvalue weighted by Crippen LogP contribution is -2.08. The van der Waals surface area contributed by atoms with Gasteiger partial charge in [0.1, 0.15) is 0 Å². The van der Waals surface area contributed by atoms with Crippen LogP contribution in [0.15, 0.2) is 35.9 Å². The van der Waals surface area contributed by atoms with E-state index < -0.39 is 5.97 Å². The first-order valence-corrected chi connectivity index (χ1v) is 5.29. The minimum Gasteiger partial charge on any atom is -0.478 e. The van der Waals surface area contributed by atoms with Gasteiger partial charge in [-0.15, -0.1) is 11.6 Å². The summed E-state index contributed by atoms with van der Waals surface area (Å²) in [7, 11) is 1.51. The third kappa shape index (κ3) is 3.08. The molecule has 0 spiro atoms. The normalized spacial score (nSPS) is 12.1. The fourth-order valence-electron chi connectivity index (χ4n) is 1.44. The molecule has 86 valence electrons. The minimum atomic E-state index is -0.987. The lowest BCUT2D eigenvalue weighted by molar-refractivity contribution is -0.130. The smallest absolute Gasteiger partial charge is 0.336 e. The largest absolute Gasteiger partial charge is 0.478 e. The molecule has 1 N–H and O–H groups in total. The molecule has 0 atom stereocenters. The number of benzene rings is 1. The summed E-state index contributed by atoms with van der Waals surface area (Å²) in [4.78, 5) is 11.2. The lowest BCUT2D eigenvalue weighted by atomic mass is 10.0.